The highest BCUT2D eigenvalue weighted by molar-refractivity contribution is 7.99. The zero-order valence-corrected chi connectivity index (χ0v) is 13.4. The molecule has 6 heteroatoms. The van der Waals surface area contributed by atoms with E-state index < -0.39 is 0 Å². The summed E-state index contributed by atoms with van der Waals surface area (Å²) in [7, 11) is 0. The fraction of sp³-hybridized carbons (Fsp3) is 0.600. The third kappa shape index (κ3) is 5.55. The molecule has 2 N–H and O–H groups in total. The second kappa shape index (κ2) is 8.89. The van der Waals surface area contributed by atoms with Crippen molar-refractivity contribution in [2.45, 2.75) is 13.3 Å². The van der Waals surface area contributed by atoms with Crippen molar-refractivity contribution in [1.82, 2.24) is 15.2 Å². The first-order valence-electron chi connectivity index (χ1n) is 7.58. The monoisotopic (exact) mass is 308 g/mol. The normalized spacial score (nSPS) is 15.7. The van der Waals surface area contributed by atoms with Crippen molar-refractivity contribution in [2.75, 3.05) is 49.5 Å². The number of nitrogens with zero attached hydrogens (tertiary/aromatic N) is 2. The Bertz CT molecular complexity index is 432. The number of pyridine rings is 1. The molecule has 116 valence electrons. The fourth-order valence-corrected chi connectivity index (χ4v) is 3.12. The molecule has 2 rings (SSSR count). The van der Waals surface area contributed by atoms with Crippen LogP contribution in [0.3, 0.4) is 0 Å². The highest BCUT2D eigenvalue weighted by Gasteiger charge is 2.11. The molecule has 1 saturated heterocycles. The number of amides is 1. The van der Waals surface area contributed by atoms with Gasteiger partial charge in [-0.25, -0.2) is 4.98 Å². The number of nitrogens with one attached hydrogen (secondary N) is 2. The minimum Gasteiger partial charge on any atom is -0.370 e. The van der Waals surface area contributed by atoms with Gasteiger partial charge in [-0.1, -0.05) is 6.92 Å². The second-order valence-electron chi connectivity index (χ2n) is 5.07. The fourth-order valence-electron chi connectivity index (χ4n) is 2.14. The lowest BCUT2D eigenvalue weighted by Crippen LogP contribution is -2.39. The lowest BCUT2D eigenvalue weighted by molar-refractivity contribution is 0.0948. The van der Waals surface area contributed by atoms with Crippen LogP contribution in [-0.2, 0) is 0 Å². The van der Waals surface area contributed by atoms with Crippen LogP contribution < -0.4 is 10.6 Å². The quantitative estimate of drug-likeness (QED) is 0.803. The van der Waals surface area contributed by atoms with E-state index in [9.17, 15) is 4.79 Å². The molecule has 0 aliphatic carbocycles. The first-order chi connectivity index (χ1) is 10.3. The summed E-state index contributed by atoms with van der Waals surface area (Å²) in [5.74, 6) is 3.17. The third-order valence-electron chi connectivity index (χ3n) is 3.40. The molecule has 1 fully saturated rings. The van der Waals surface area contributed by atoms with Crippen LogP contribution in [0.25, 0.3) is 0 Å². The Balaban J connectivity index is 1.72. The van der Waals surface area contributed by atoms with Gasteiger partial charge in [0.2, 0.25) is 0 Å². The Morgan fingerprint density at radius 3 is 2.81 bits per heavy atom. The largest absolute Gasteiger partial charge is 0.370 e. The highest BCUT2D eigenvalue weighted by Crippen LogP contribution is 2.08. The van der Waals surface area contributed by atoms with Crippen LogP contribution in [0, 0.1) is 0 Å². The number of rotatable bonds is 7. The van der Waals surface area contributed by atoms with E-state index in [1.165, 1.54) is 11.5 Å². The maximum atomic E-state index is 12.0. The van der Waals surface area contributed by atoms with Crippen LogP contribution in [0.2, 0.25) is 0 Å². The van der Waals surface area contributed by atoms with Crippen molar-refractivity contribution < 1.29 is 4.79 Å². The van der Waals surface area contributed by atoms with Crippen LogP contribution in [0.4, 0.5) is 5.82 Å². The van der Waals surface area contributed by atoms with Gasteiger partial charge in [0.05, 0.1) is 5.56 Å². The number of hydrogen-bond acceptors (Lipinski definition) is 5. The van der Waals surface area contributed by atoms with Crippen molar-refractivity contribution >= 4 is 23.5 Å². The summed E-state index contributed by atoms with van der Waals surface area (Å²) in [4.78, 5) is 18.7. The molecule has 1 amide bonds. The number of carbonyl (C=O) groups excluding carboxylic acids is 1. The van der Waals surface area contributed by atoms with Crippen molar-refractivity contribution in [3.05, 3.63) is 23.9 Å². The maximum Gasteiger partial charge on any atom is 0.252 e. The average Bonchev–Trinajstić information content (AvgIpc) is 2.54. The molecule has 0 radical (unpaired) electrons. The van der Waals surface area contributed by atoms with E-state index in [0.29, 0.717) is 12.1 Å². The lowest BCUT2D eigenvalue weighted by Gasteiger charge is -2.25. The number of anilines is 1. The number of thioether (sulfide) groups is 1. The van der Waals surface area contributed by atoms with Gasteiger partial charge in [0.1, 0.15) is 5.82 Å². The predicted octanol–water partition coefficient (Wildman–Crippen LogP) is 1.68. The molecule has 2 heterocycles. The Labute approximate surface area is 130 Å². The summed E-state index contributed by atoms with van der Waals surface area (Å²) in [5.41, 5.74) is 0.617. The Morgan fingerprint density at radius 2 is 2.14 bits per heavy atom. The summed E-state index contributed by atoms with van der Waals surface area (Å²) in [6.45, 7) is 6.87. The van der Waals surface area contributed by atoms with Crippen LogP contribution >= 0.6 is 11.8 Å². The topological polar surface area (TPSA) is 57.3 Å². The molecular formula is C15H24N4OS. The highest BCUT2D eigenvalue weighted by atomic mass is 32.2. The van der Waals surface area contributed by atoms with Crippen LogP contribution in [0.15, 0.2) is 18.3 Å². The van der Waals surface area contributed by atoms with Gasteiger partial charge in [0.25, 0.3) is 5.91 Å². The third-order valence-corrected chi connectivity index (χ3v) is 4.34. The molecule has 21 heavy (non-hydrogen) atoms. The Kier molecular flexibility index (Phi) is 6.82. The molecular weight excluding hydrogens is 284 g/mol. The van der Waals surface area contributed by atoms with E-state index in [1.54, 1.807) is 6.20 Å². The summed E-state index contributed by atoms with van der Waals surface area (Å²) in [6.07, 6.45) is 2.68. The van der Waals surface area contributed by atoms with Gasteiger partial charge in [0.15, 0.2) is 0 Å². The van der Waals surface area contributed by atoms with E-state index in [4.69, 9.17) is 0 Å². The molecule has 0 spiro atoms. The zero-order valence-electron chi connectivity index (χ0n) is 12.6. The van der Waals surface area contributed by atoms with E-state index >= 15 is 0 Å². The number of hydrogen-bond donors (Lipinski definition) is 2. The van der Waals surface area contributed by atoms with E-state index in [1.807, 2.05) is 23.9 Å². The van der Waals surface area contributed by atoms with Crippen molar-refractivity contribution in [3.63, 3.8) is 0 Å². The number of carbonyl (C=O) groups is 1. The van der Waals surface area contributed by atoms with Gasteiger partial charge in [-0.3, -0.25) is 9.69 Å². The first-order valence-corrected chi connectivity index (χ1v) is 8.73. The van der Waals surface area contributed by atoms with Crippen molar-refractivity contribution in [2.24, 2.45) is 0 Å². The molecule has 1 aliphatic rings. The minimum absolute atomic E-state index is 0.0454. The number of aromatic nitrogens is 1. The summed E-state index contributed by atoms with van der Waals surface area (Å²) >= 11 is 2.00. The summed E-state index contributed by atoms with van der Waals surface area (Å²) < 4.78 is 0. The smallest absolute Gasteiger partial charge is 0.252 e. The van der Waals surface area contributed by atoms with Gasteiger partial charge < -0.3 is 10.6 Å². The van der Waals surface area contributed by atoms with E-state index in [-0.39, 0.29) is 5.91 Å². The SMILES string of the molecule is CCCNc1ccc(C(=O)NCCN2CCSCC2)cn1. The van der Waals surface area contributed by atoms with Crippen LogP contribution in [-0.4, -0.2) is 60.0 Å². The van der Waals surface area contributed by atoms with Crippen molar-refractivity contribution in [1.29, 1.82) is 0 Å². The van der Waals surface area contributed by atoms with Crippen LogP contribution in [0.5, 0.6) is 0 Å². The second-order valence-corrected chi connectivity index (χ2v) is 6.29. The van der Waals surface area contributed by atoms with Gasteiger partial charge in [-0.05, 0) is 18.6 Å². The molecule has 1 aromatic heterocycles. The average molecular weight is 308 g/mol. The van der Waals surface area contributed by atoms with E-state index in [2.05, 4.69) is 27.4 Å². The van der Waals surface area contributed by atoms with Crippen LogP contribution in [0.1, 0.15) is 23.7 Å². The summed E-state index contributed by atoms with van der Waals surface area (Å²) in [6, 6.07) is 3.67. The first kappa shape index (κ1) is 16.1. The molecule has 0 bridgehead atoms. The standard InChI is InChI=1S/C15H24N4OS/c1-2-5-16-14-4-3-13(12-18-14)15(20)17-6-7-19-8-10-21-11-9-19/h3-4,12H,2,5-11H2,1H3,(H,16,18)(H,17,20). The zero-order chi connectivity index (χ0) is 14.9. The van der Waals surface area contributed by atoms with Gasteiger partial charge in [-0.15, -0.1) is 0 Å². The molecule has 1 aromatic rings. The molecule has 1 aliphatic heterocycles. The molecule has 0 saturated carbocycles. The maximum absolute atomic E-state index is 12.0. The van der Waals surface area contributed by atoms with Gasteiger partial charge >= 0.3 is 0 Å². The molecule has 0 atom stereocenters. The van der Waals surface area contributed by atoms with Gasteiger partial charge in [-0.2, -0.15) is 11.8 Å². The molecule has 0 unspecified atom stereocenters. The van der Waals surface area contributed by atoms with Gasteiger partial charge in [0, 0.05) is 50.4 Å². The van der Waals surface area contributed by atoms with Crippen molar-refractivity contribution in [3.8, 4) is 0 Å². The summed E-state index contributed by atoms with van der Waals surface area (Å²) in [5, 5.41) is 6.16. The Morgan fingerprint density at radius 1 is 1.33 bits per heavy atom. The lowest BCUT2D eigenvalue weighted by atomic mass is 10.2. The molecule has 0 aromatic carbocycles. The minimum atomic E-state index is -0.0454. The Hall–Kier alpha value is -1.27. The van der Waals surface area contributed by atoms with E-state index in [0.717, 1.165) is 38.4 Å². The predicted molar refractivity (Wildman–Crippen MR) is 89.1 cm³/mol. The molecule has 5 nitrogen and oxygen atoms in total.